The number of carboxylic acids is 1. The van der Waals surface area contributed by atoms with Crippen molar-refractivity contribution in [2.24, 2.45) is 0 Å². The molecule has 0 unspecified atom stereocenters. The van der Waals surface area contributed by atoms with Crippen LogP contribution in [0.15, 0.2) is 48.5 Å². The Balaban J connectivity index is 1.38. The van der Waals surface area contributed by atoms with Gasteiger partial charge in [0, 0.05) is 31.3 Å². The number of hydrogen-bond donors (Lipinski definition) is 2. The maximum atomic E-state index is 12.3. The van der Waals surface area contributed by atoms with Gasteiger partial charge in [0.1, 0.15) is 6.61 Å². The predicted octanol–water partition coefficient (Wildman–Crippen LogP) is 3.97. The van der Waals surface area contributed by atoms with E-state index in [0.717, 1.165) is 6.42 Å². The number of benzene rings is 2. The number of aliphatic carboxylic acids is 1. The van der Waals surface area contributed by atoms with E-state index in [-0.39, 0.29) is 37.2 Å². The van der Waals surface area contributed by atoms with Crippen molar-refractivity contribution in [1.29, 1.82) is 0 Å². The maximum Gasteiger partial charge on any atom is 0.407 e. The molecule has 0 saturated carbocycles. The third kappa shape index (κ3) is 6.74. The molecular formula is C25H30N2O5S. The second kappa shape index (κ2) is 12.3. The van der Waals surface area contributed by atoms with Crippen molar-refractivity contribution in [2.45, 2.75) is 25.7 Å². The molecule has 1 aliphatic rings. The Bertz CT molecular complexity index is 935. The number of fused-ring (bicyclic) bond motifs is 3. The lowest BCUT2D eigenvalue weighted by molar-refractivity contribution is -0.138. The summed E-state index contributed by atoms with van der Waals surface area (Å²) in [6.07, 6.45) is 0.247. The van der Waals surface area contributed by atoms with Crippen LogP contribution in [0.1, 0.15) is 36.8 Å². The van der Waals surface area contributed by atoms with Gasteiger partial charge in [0.25, 0.3) is 0 Å². The van der Waals surface area contributed by atoms with Gasteiger partial charge < -0.3 is 20.1 Å². The van der Waals surface area contributed by atoms with E-state index >= 15 is 0 Å². The number of carbonyl (C=O) groups excluding carboxylic acids is 2. The largest absolute Gasteiger partial charge is 0.481 e. The second-order valence-corrected chi connectivity index (χ2v) is 8.93. The Morgan fingerprint density at radius 1 is 1.03 bits per heavy atom. The average molecular weight is 471 g/mol. The third-order valence-corrected chi connectivity index (χ3v) is 6.47. The summed E-state index contributed by atoms with van der Waals surface area (Å²) < 4.78 is 5.50. The molecule has 1 aliphatic carbocycles. The Morgan fingerprint density at radius 3 is 2.27 bits per heavy atom. The summed E-state index contributed by atoms with van der Waals surface area (Å²) in [5.74, 6) is -0.153. The molecule has 0 bridgehead atoms. The summed E-state index contributed by atoms with van der Waals surface area (Å²) in [5.41, 5.74) is 4.70. The van der Waals surface area contributed by atoms with Crippen molar-refractivity contribution < 1.29 is 24.2 Å². The number of nitrogens with one attached hydrogen (secondary N) is 1. The van der Waals surface area contributed by atoms with Gasteiger partial charge in [0.2, 0.25) is 5.91 Å². The minimum Gasteiger partial charge on any atom is -0.481 e. The van der Waals surface area contributed by atoms with E-state index in [4.69, 9.17) is 9.84 Å². The quantitative estimate of drug-likeness (QED) is 0.456. The molecule has 8 heteroatoms. The van der Waals surface area contributed by atoms with Crippen molar-refractivity contribution in [3.8, 4) is 11.1 Å². The summed E-state index contributed by atoms with van der Waals surface area (Å²) in [6, 6.07) is 16.4. The van der Waals surface area contributed by atoms with Crippen molar-refractivity contribution in [1.82, 2.24) is 10.2 Å². The highest BCUT2D eigenvalue weighted by Gasteiger charge is 2.28. The molecule has 0 atom stereocenters. The second-order valence-electron chi connectivity index (χ2n) is 7.83. The van der Waals surface area contributed by atoms with Crippen LogP contribution in [0, 0.1) is 0 Å². The first-order valence-corrected chi connectivity index (χ1v) is 12.3. The highest BCUT2D eigenvalue weighted by Crippen LogP contribution is 2.44. The number of carbonyl (C=O) groups is 3. The fourth-order valence-electron chi connectivity index (χ4n) is 3.99. The molecule has 2 amide bonds. The van der Waals surface area contributed by atoms with Crippen molar-refractivity contribution >= 4 is 29.7 Å². The Morgan fingerprint density at radius 2 is 1.67 bits per heavy atom. The van der Waals surface area contributed by atoms with Crippen LogP contribution < -0.4 is 5.32 Å². The summed E-state index contributed by atoms with van der Waals surface area (Å²) in [7, 11) is 0. The highest BCUT2D eigenvalue weighted by molar-refractivity contribution is 7.99. The molecule has 0 aliphatic heterocycles. The molecule has 0 aromatic heterocycles. The van der Waals surface area contributed by atoms with Crippen molar-refractivity contribution in [3.05, 3.63) is 59.7 Å². The monoisotopic (exact) mass is 470 g/mol. The highest BCUT2D eigenvalue weighted by atomic mass is 32.2. The molecule has 0 spiro atoms. The Kier molecular flexibility index (Phi) is 9.18. The molecule has 3 rings (SSSR count). The number of carboxylic acid groups (broad SMARTS) is 1. The minimum absolute atomic E-state index is 0.0190. The number of alkyl carbamates (subject to hydrolysis) is 1. The van der Waals surface area contributed by atoms with Crippen LogP contribution in [-0.2, 0) is 14.3 Å². The third-order valence-electron chi connectivity index (χ3n) is 5.53. The molecule has 2 aromatic rings. The lowest BCUT2D eigenvalue weighted by atomic mass is 9.98. The van der Waals surface area contributed by atoms with E-state index in [2.05, 4.69) is 29.6 Å². The molecule has 176 valence electrons. The average Bonchev–Trinajstić information content (AvgIpc) is 3.13. The van der Waals surface area contributed by atoms with Gasteiger partial charge in [-0.2, -0.15) is 11.8 Å². The molecule has 2 N–H and O–H groups in total. The number of hydrogen-bond acceptors (Lipinski definition) is 5. The fraction of sp³-hybridized carbons (Fsp3) is 0.400. The number of nitrogens with zero attached hydrogens (tertiary/aromatic N) is 1. The van der Waals surface area contributed by atoms with E-state index < -0.39 is 12.1 Å². The zero-order valence-corrected chi connectivity index (χ0v) is 19.6. The number of ether oxygens (including phenoxy) is 1. The van der Waals surface area contributed by atoms with Gasteiger partial charge >= 0.3 is 12.1 Å². The molecule has 0 saturated heterocycles. The van der Waals surface area contributed by atoms with Gasteiger partial charge in [-0.3, -0.25) is 9.59 Å². The first-order chi connectivity index (χ1) is 16.0. The van der Waals surface area contributed by atoms with E-state index in [1.54, 1.807) is 4.90 Å². The predicted molar refractivity (Wildman–Crippen MR) is 130 cm³/mol. The van der Waals surface area contributed by atoms with Crippen LogP contribution in [0.4, 0.5) is 4.79 Å². The lowest BCUT2D eigenvalue weighted by Gasteiger charge is -2.21. The van der Waals surface area contributed by atoms with E-state index in [9.17, 15) is 14.4 Å². The topological polar surface area (TPSA) is 95.9 Å². The SMILES string of the molecule is CCCN(CCC(=O)O)C(=O)CSCCNC(=O)OCC1c2ccccc2-c2ccccc21. The number of rotatable bonds is 12. The Hall–Kier alpha value is -3.00. The molecule has 0 fully saturated rings. The van der Waals surface area contributed by atoms with Gasteiger partial charge in [-0.1, -0.05) is 55.5 Å². The molecule has 0 heterocycles. The summed E-state index contributed by atoms with van der Waals surface area (Å²) >= 11 is 1.41. The zero-order valence-electron chi connectivity index (χ0n) is 18.8. The molecule has 7 nitrogen and oxygen atoms in total. The smallest absolute Gasteiger partial charge is 0.407 e. The first-order valence-electron chi connectivity index (χ1n) is 11.2. The van der Waals surface area contributed by atoms with Crippen molar-refractivity contribution in [3.63, 3.8) is 0 Å². The van der Waals surface area contributed by atoms with Crippen LogP contribution in [0.5, 0.6) is 0 Å². The van der Waals surface area contributed by atoms with E-state index in [1.165, 1.54) is 34.0 Å². The number of thioether (sulfide) groups is 1. The van der Waals surface area contributed by atoms with Gasteiger partial charge in [-0.05, 0) is 28.7 Å². The molecular weight excluding hydrogens is 440 g/mol. The van der Waals surface area contributed by atoms with Gasteiger partial charge in [-0.15, -0.1) is 0 Å². The summed E-state index contributed by atoms with van der Waals surface area (Å²) in [5, 5.41) is 11.6. The van der Waals surface area contributed by atoms with Crippen LogP contribution in [-0.4, -0.2) is 65.7 Å². The normalized spacial score (nSPS) is 12.0. The maximum absolute atomic E-state index is 12.3. The van der Waals surface area contributed by atoms with Crippen molar-refractivity contribution in [2.75, 3.05) is 37.7 Å². The Labute approximate surface area is 198 Å². The lowest BCUT2D eigenvalue weighted by Crippen LogP contribution is -2.35. The zero-order chi connectivity index (χ0) is 23.6. The minimum atomic E-state index is -0.913. The van der Waals surface area contributed by atoms with Gasteiger partial charge in [0.15, 0.2) is 0 Å². The molecule has 2 aromatic carbocycles. The van der Waals surface area contributed by atoms with E-state index in [1.807, 2.05) is 31.2 Å². The van der Waals surface area contributed by atoms with Crippen LogP contribution >= 0.6 is 11.8 Å². The first kappa shape index (κ1) is 24.6. The fourth-order valence-corrected chi connectivity index (χ4v) is 4.74. The van der Waals surface area contributed by atoms with E-state index in [0.29, 0.717) is 18.8 Å². The number of amides is 2. The van der Waals surface area contributed by atoms with Crippen LogP contribution in [0.2, 0.25) is 0 Å². The summed E-state index contributed by atoms with van der Waals surface area (Å²) in [4.78, 5) is 36.8. The van der Waals surface area contributed by atoms with Crippen LogP contribution in [0.3, 0.4) is 0 Å². The molecule has 0 radical (unpaired) electrons. The summed E-state index contributed by atoms with van der Waals surface area (Å²) in [6.45, 7) is 3.37. The standard InChI is InChI=1S/C25H30N2O5S/c1-2-13-27(14-11-24(29)30)23(28)17-33-15-12-26-25(31)32-16-22-20-9-5-3-7-18(20)19-8-4-6-10-21(19)22/h3-10,22H,2,11-17H2,1H3,(H,26,31)(H,29,30). The van der Waals surface area contributed by atoms with Gasteiger partial charge in [0.05, 0.1) is 12.2 Å². The van der Waals surface area contributed by atoms with Gasteiger partial charge in [-0.25, -0.2) is 4.79 Å². The van der Waals surface area contributed by atoms with Crippen LogP contribution in [0.25, 0.3) is 11.1 Å². The molecule has 33 heavy (non-hydrogen) atoms.